The number of pyridine rings is 1. The van der Waals surface area contributed by atoms with E-state index in [1.165, 1.54) is 0 Å². The summed E-state index contributed by atoms with van der Waals surface area (Å²) in [5.74, 6) is 0.165. The molecule has 10 heteroatoms. The van der Waals surface area contributed by atoms with Gasteiger partial charge in [-0.25, -0.2) is 14.5 Å². The maximum absolute atomic E-state index is 12.5. The molecule has 0 saturated heterocycles. The summed E-state index contributed by atoms with van der Waals surface area (Å²) in [6.07, 6.45) is 5.30. The molecule has 5 heterocycles. The maximum atomic E-state index is 12.5. The van der Waals surface area contributed by atoms with Gasteiger partial charge in [-0.3, -0.25) is 4.68 Å². The largest absolute Gasteiger partial charge is 0.389 e. The number of nitrogens with zero attached hydrogens (tertiary/aromatic N) is 6. The van der Waals surface area contributed by atoms with Crippen molar-refractivity contribution in [2.24, 2.45) is 7.05 Å². The van der Waals surface area contributed by atoms with E-state index < -0.39 is 12.6 Å². The molecule has 0 fully saturated rings. The van der Waals surface area contributed by atoms with Gasteiger partial charge in [0.2, 0.25) is 0 Å². The molecule has 5 aromatic rings. The number of hydrogen-bond donors (Lipinski definition) is 1. The molecule has 0 saturated carbocycles. The highest BCUT2D eigenvalue weighted by molar-refractivity contribution is 5.94. The zero-order valence-corrected chi connectivity index (χ0v) is 15.9. The quantitative estimate of drug-likeness (QED) is 0.482. The summed E-state index contributed by atoms with van der Waals surface area (Å²) in [5.41, 5.74) is 5.13. The molecule has 0 unspecified atom stereocenters. The molecule has 0 bridgehead atoms. The van der Waals surface area contributed by atoms with Gasteiger partial charge < -0.3 is 4.98 Å². The van der Waals surface area contributed by atoms with Crippen LogP contribution >= 0.6 is 0 Å². The van der Waals surface area contributed by atoms with E-state index in [0.717, 1.165) is 33.2 Å². The van der Waals surface area contributed by atoms with Gasteiger partial charge in [-0.1, -0.05) is 0 Å². The minimum Gasteiger partial charge on any atom is -0.345 e. The number of hydrogen-bond acceptors (Lipinski definition) is 4. The first-order valence-corrected chi connectivity index (χ1v) is 9.24. The predicted octanol–water partition coefficient (Wildman–Crippen LogP) is 4.17. The fourth-order valence-electron chi connectivity index (χ4n) is 3.49. The van der Waals surface area contributed by atoms with E-state index in [2.05, 4.69) is 25.1 Å². The minimum absolute atomic E-state index is 0.165. The normalized spacial score (nSPS) is 12.3. The Balaban J connectivity index is 1.53. The number of aromatic nitrogens is 7. The van der Waals surface area contributed by atoms with Crippen LogP contribution in [0.3, 0.4) is 0 Å². The van der Waals surface area contributed by atoms with Gasteiger partial charge in [-0.2, -0.15) is 23.4 Å². The summed E-state index contributed by atoms with van der Waals surface area (Å²) in [5, 5.41) is 9.36. The first kappa shape index (κ1) is 18.3. The lowest BCUT2D eigenvalue weighted by Gasteiger charge is -2.05. The van der Waals surface area contributed by atoms with E-state index in [-0.39, 0.29) is 12.2 Å². The van der Waals surface area contributed by atoms with E-state index in [4.69, 9.17) is 0 Å². The Bertz CT molecular complexity index is 1360. The zero-order chi connectivity index (χ0) is 20.9. The number of nitrogens with one attached hydrogen (secondary N) is 1. The maximum Gasteiger partial charge on any atom is 0.389 e. The molecule has 1 N–H and O–H groups in total. The lowest BCUT2D eigenvalue weighted by atomic mass is 10.1. The van der Waals surface area contributed by atoms with Crippen LogP contribution in [0.25, 0.3) is 38.8 Å². The van der Waals surface area contributed by atoms with Crippen LogP contribution in [0.4, 0.5) is 13.2 Å². The fraction of sp³-hybridized carbons (Fsp3) is 0.200. The summed E-state index contributed by atoms with van der Waals surface area (Å²) in [6, 6.07) is 3.93. The van der Waals surface area contributed by atoms with Crippen LogP contribution in [0.1, 0.15) is 12.2 Å². The molecular weight excluding hydrogens is 395 g/mol. The van der Waals surface area contributed by atoms with Crippen LogP contribution in [-0.4, -0.2) is 40.5 Å². The van der Waals surface area contributed by atoms with Crippen molar-refractivity contribution in [3.63, 3.8) is 0 Å². The third-order valence-electron chi connectivity index (χ3n) is 4.96. The van der Waals surface area contributed by atoms with Gasteiger partial charge in [0.25, 0.3) is 0 Å². The topological polar surface area (TPSA) is 76.7 Å². The Morgan fingerprint density at radius 2 is 1.93 bits per heavy atom. The van der Waals surface area contributed by atoms with Gasteiger partial charge in [0.05, 0.1) is 24.3 Å². The molecule has 0 aliphatic heterocycles. The standard InChI is InChI=1S/C20H16F3N7/c1-29-11-13(7-26-29)15-10-27-30-5-3-12(6-17(15)30)14-8-25-19-16(14)9-24-18(28-19)2-4-20(21,22)23/h3,5-11H,2,4H2,1H3,(H,24,25,28). The van der Waals surface area contributed by atoms with E-state index in [9.17, 15) is 13.2 Å². The molecular formula is C20H16F3N7. The average Bonchev–Trinajstić information content (AvgIpc) is 3.42. The molecule has 0 atom stereocenters. The van der Waals surface area contributed by atoms with Gasteiger partial charge in [-0.05, 0) is 17.7 Å². The van der Waals surface area contributed by atoms with Gasteiger partial charge in [0.15, 0.2) is 0 Å². The van der Waals surface area contributed by atoms with Crippen LogP contribution in [0.5, 0.6) is 0 Å². The Morgan fingerprint density at radius 3 is 2.70 bits per heavy atom. The summed E-state index contributed by atoms with van der Waals surface area (Å²) >= 11 is 0. The van der Waals surface area contributed by atoms with Gasteiger partial charge >= 0.3 is 6.18 Å². The highest BCUT2D eigenvalue weighted by atomic mass is 19.4. The second-order valence-electron chi connectivity index (χ2n) is 7.07. The van der Waals surface area contributed by atoms with Crippen LogP contribution in [0, 0.1) is 0 Å². The summed E-state index contributed by atoms with van der Waals surface area (Å²) in [4.78, 5) is 11.4. The molecule has 30 heavy (non-hydrogen) atoms. The lowest BCUT2D eigenvalue weighted by molar-refractivity contribution is -0.134. The molecule has 0 aromatic carbocycles. The van der Waals surface area contributed by atoms with Crippen molar-refractivity contribution in [2.75, 3.05) is 0 Å². The number of halogens is 3. The number of fused-ring (bicyclic) bond motifs is 2. The third kappa shape index (κ3) is 3.30. The van der Waals surface area contributed by atoms with Crippen molar-refractivity contribution >= 4 is 16.6 Å². The molecule has 152 valence electrons. The minimum atomic E-state index is -4.23. The molecule has 0 amide bonds. The van der Waals surface area contributed by atoms with Gasteiger partial charge in [-0.15, -0.1) is 0 Å². The molecule has 0 radical (unpaired) electrons. The van der Waals surface area contributed by atoms with Crippen molar-refractivity contribution in [2.45, 2.75) is 19.0 Å². The zero-order valence-electron chi connectivity index (χ0n) is 15.9. The van der Waals surface area contributed by atoms with E-state index in [1.54, 1.807) is 34.0 Å². The van der Waals surface area contributed by atoms with E-state index >= 15 is 0 Å². The van der Waals surface area contributed by atoms with E-state index in [0.29, 0.717) is 5.65 Å². The van der Waals surface area contributed by atoms with Crippen molar-refractivity contribution in [1.82, 2.24) is 34.3 Å². The highest BCUT2D eigenvalue weighted by Gasteiger charge is 2.27. The van der Waals surface area contributed by atoms with Crippen molar-refractivity contribution in [3.05, 3.63) is 55.1 Å². The average molecular weight is 411 g/mol. The number of aromatic amines is 1. The summed E-state index contributed by atoms with van der Waals surface area (Å²) < 4.78 is 40.9. The lowest BCUT2D eigenvalue weighted by Crippen LogP contribution is -2.10. The number of alkyl halides is 3. The van der Waals surface area contributed by atoms with Gasteiger partial charge in [0.1, 0.15) is 11.5 Å². The molecule has 0 spiro atoms. The third-order valence-corrected chi connectivity index (χ3v) is 4.96. The summed E-state index contributed by atoms with van der Waals surface area (Å²) in [7, 11) is 1.86. The molecule has 0 aliphatic carbocycles. The van der Waals surface area contributed by atoms with Crippen molar-refractivity contribution in [3.8, 4) is 22.3 Å². The van der Waals surface area contributed by atoms with E-state index in [1.807, 2.05) is 31.6 Å². The van der Waals surface area contributed by atoms with Crippen LogP contribution in [0.2, 0.25) is 0 Å². The Hall–Kier alpha value is -3.69. The van der Waals surface area contributed by atoms with Crippen LogP contribution in [-0.2, 0) is 13.5 Å². The molecule has 0 aliphatic rings. The molecule has 5 rings (SSSR count). The molecule has 7 nitrogen and oxygen atoms in total. The van der Waals surface area contributed by atoms with Crippen LogP contribution in [0.15, 0.2) is 49.3 Å². The number of H-pyrrole nitrogens is 1. The first-order chi connectivity index (χ1) is 14.4. The Morgan fingerprint density at radius 1 is 1.07 bits per heavy atom. The monoisotopic (exact) mass is 411 g/mol. The predicted molar refractivity (Wildman–Crippen MR) is 105 cm³/mol. The Labute approximate surface area is 168 Å². The second kappa shape index (κ2) is 6.68. The fourth-order valence-corrected chi connectivity index (χ4v) is 3.49. The second-order valence-corrected chi connectivity index (χ2v) is 7.07. The van der Waals surface area contributed by atoms with Crippen molar-refractivity contribution < 1.29 is 13.2 Å². The number of rotatable bonds is 4. The first-order valence-electron chi connectivity index (χ1n) is 9.24. The van der Waals surface area contributed by atoms with Crippen LogP contribution < -0.4 is 0 Å². The Kier molecular flexibility index (Phi) is 4.09. The summed E-state index contributed by atoms with van der Waals surface area (Å²) in [6.45, 7) is 0. The number of aryl methyl sites for hydroxylation is 2. The molecule has 5 aromatic heterocycles. The highest BCUT2D eigenvalue weighted by Crippen LogP contribution is 2.31. The smallest absolute Gasteiger partial charge is 0.345 e. The van der Waals surface area contributed by atoms with Gasteiger partial charge in [0, 0.05) is 60.3 Å². The van der Waals surface area contributed by atoms with Crippen molar-refractivity contribution in [1.29, 1.82) is 0 Å². The SMILES string of the molecule is Cn1cc(-c2cnn3ccc(-c4c[nH]c5nc(CCC(F)(F)F)ncc45)cc23)cn1.